The maximum Gasteiger partial charge on any atom is 0.223 e. The van der Waals surface area contributed by atoms with Crippen LogP contribution in [0.5, 0.6) is 0 Å². The molecule has 29 heavy (non-hydrogen) atoms. The van der Waals surface area contributed by atoms with Crippen molar-refractivity contribution < 1.29 is 14.7 Å². The third-order valence-corrected chi connectivity index (χ3v) is 6.28. The number of Topliss-reactive ketones (excluding diaryl/α,β-unsaturated/α-hetero) is 1. The summed E-state index contributed by atoms with van der Waals surface area (Å²) in [6, 6.07) is 13.7. The van der Waals surface area contributed by atoms with E-state index in [0.717, 1.165) is 28.8 Å². The topological polar surface area (TPSA) is 60.9 Å². The number of anilines is 1. The Balaban J connectivity index is 1.39. The number of fused-ring (bicyclic) bond motifs is 1. The predicted molar refractivity (Wildman–Crippen MR) is 113 cm³/mol. The Morgan fingerprint density at radius 3 is 2.52 bits per heavy atom. The van der Waals surface area contributed by atoms with Crippen LogP contribution in [0.4, 0.5) is 5.69 Å². The highest BCUT2D eigenvalue weighted by Crippen LogP contribution is 2.33. The van der Waals surface area contributed by atoms with Crippen molar-refractivity contribution in [3.8, 4) is 0 Å². The molecule has 4 rings (SSSR count). The number of nitrogens with zero attached hydrogens (tertiary/aromatic N) is 2. The van der Waals surface area contributed by atoms with E-state index in [-0.39, 0.29) is 11.7 Å². The van der Waals surface area contributed by atoms with E-state index in [2.05, 4.69) is 11.0 Å². The maximum atomic E-state index is 12.8. The van der Waals surface area contributed by atoms with Crippen LogP contribution in [0.1, 0.15) is 46.8 Å². The Kier molecular flexibility index (Phi) is 5.28. The molecule has 1 amide bonds. The van der Waals surface area contributed by atoms with Gasteiger partial charge in [-0.2, -0.15) is 0 Å². The summed E-state index contributed by atoms with van der Waals surface area (Å²) in [6.07, 6.45) is 2.05. The maximum absolute atomic E-state index is 12.8. The average Bonchev–Trinajstić information content (AvgIpc) is 3.13. The molecule has 2 aliphatic rings. The molecule has 0 radical (unpaired) electrons. The number of hydrogen-bond donors (Lipinski definition) is 1. The van der Waals surface area contributed by atoms with Crippen molar-refractivity contribution >= 4 is 17.4 Å². The Labute approximate surface area is 171 Å². The fraction of sp³-hybridized carbons (Fsp3) is 0.417. The third-order valence-electron chi connectivity index (χ3n) is 6.28. The van der Waals surface area contributed by atoms with Gasteiger partial charge in [0.1, 0.15) is 0 Å². The van der Waals surface area contributed by atoms with Gasteiger partial charge in [0, 0.05) is 37.8 Å². The van der Waals surface area contributed by atoms with Crippen LogP contribution in [-0.4, -0.2) is 47.9 Å². The summed E-state index contributed by atoms with van der Waals surface area (Å²) in [7, 11) is 0. The summed E-state index contributed by atoms with van der Waals surface area (Å²) in [5, 5.41) is 11.1. The van der Waals surface area contributed by atoms with Gasteiger partial charge in [0.05, 0.1) is 12.1 Å². The van der Waals surface area contributed by atoms with E-state index in [9.17, 15) is 14.7 Å². The van der Waals surface area contributed by atoms with E-state index in [1.54, 1.807) is 11.8 Å². The Bertz CT molecular complexity index is 945. The third kappa shape index (κ3) is 3.98. The van der Waals surface area contributed by atoms with E-state index in [4.69, 9.17) is 0 Å². The van der Waals surface area contributed by atoms with Gasteiger partial charge in [-0.05, 0) is 55.5 Å². The molecule has 5 heteroatoms. The minimum Gasteiger partial charge on any atom is -0.385 e. The van der Waals surface area contributed by atoms with Crippen LogP contribution in [-0.2, 0) is 16.8 Å². The van der Waals surface area contributed by atoms with Crippen LogP contribution >= 0.6 is 0 Å². The molecule has 0 aromatic heterocycles. The Morgan fingerprint density at radius 1 is 1.07 bits per heavy atom. The lowest BCUT2D eigenvalue weighted by Crippen LogP contribution is -2.44. The zero-order valence-corrected chi connectivity index (χ0v) is 17.1. The summed E-state index contributed by atoms with van der Waals surface area (Å²) in [5.41, 5.74) is 4.00. The lowest BCUT2D eigenvalue weighted by molar-refractivity contribution is -0.116. The average molecular weight is 392 g/mol. The molecule has 1 fully saturated rings. The normalized spacial score (nSPS) is 18.5. The number of ketones is 1. The first-order valence-corrected chi connectivity index (χ1v) is 10.3. The molecular weight excluding hydrogens is 364 g/mol. The number of carbonyl (C=O) groups is 2. The van der Waals surface area contributed by atoms with Crippen molar-refractivity contribution in [1.29, 1.82) is 0 Å². The van der Waals surface area contributed by atoms with Crippen molar-refractivity contribution in [3.63, 3.8) is 0 Å². The van der Waals surface area contributed by atoms with Gasteiger partial charge in [-0.3, -0.25) is 14.5 Å². The molecule has 1 N–H and O–H groups in total. The van der Waals surface area contributed by atoms with Crippen molar-refractivity contribution in [1.82, 2.24) is 4.90 Å². The van der Waals surface area contributed by atoms with E-state index in [1.165, 1.54) is 0 Å². The summed E-state index contributed by atoms with van der Waals surface area (Å²) in [5.74, 6) is 0.132. The molecule has 0 atom stereocenters. The minimum atomic E-state index is -0.810. The monoisotopic (exact) mass is 392 g/mol. The van der Waals surface area contributed by atoms with Gasteiger partial charge in [-0.1, -0.05) is 29.8 Å². The lowest BCUT2D eigenvalue weighted by atomic mass is 9.84. The quantitative estimate of drug-likeness (QED) is 0.813. The fourth-order valence-corrected chi connectivity index (χ4v) is 4.50. The Morgan fingerprint density at radius 2 is 1.83 bits per heavy atom. The molecule has 2 aromatic carbocycles. The van der Waals surface area contributed by atoms with Gasteiger partial charge >= 0.3 is 0 Å². The number of piperidine rings is 1. The smallest absolute Gasteiger partial charge is 0.223 e. The second-order valence-electron chi connectivity index (χ2n) is 8.36. The molecule has 0 spiro atoms. The van der Waals surface area contributed by atoms with Crippen molar-refractivity contribution in [2.75, 3.05) is 31.1 Å². The minimum absolute atomic E-state index is 0.0391. The van der Waals surface area contributed by atoms with Crippen LogP contribution in [0.3, 0.4) is 0 Å². The van der Waals surface area contributed by atoms with Crippen LogP contribution in [0.25, 0.3) is 0 Å². The van der Waals surface area contributed by atoms with Gasteiger partial charge in [-0.25, -0.2) is 0 Å². The zero-order valence-electron chi connectivity index (χ0n) is 17.1. The van der Waals surface area contributed by atoms with Gasteiger partial charge in [0.25, 0.3) is 0 Å². The van der Waals surface area contributed by atoms with Gasteiger partial charge < -0.3 is 10.0 Å². The summed E-state index contributed by atoms with van der Waals surface area (Å²) >= 11 is 0. The summed E-state index contributed by atoms with van der Waals surface area (Å²) in [4.78, 5) is 28.4. The largest absolute Gasteiger partial charge is 0.385 e. The first-order valence-electron chi connectivity index (χ1n) is 10.3. The second kappa shape index (κ2) is 7.73. The number of aliphatic hydroxyl groups is 1. The van der Waals surface area contributed by atoms with E-state index >= 15 is 0 Å². The van der Waals surface area contributed by atoms with Crippen LogP contribution in [0.15, 0.2) is 42.5 Å². The van der Waals surface area contributed by atoms with E-state index in [0.29, 0.717) is 44.6 Å². The van der Waals surface area contributed by atoms with Gasteiger partial charge in [0.2, 0.25) is 5.91 Å². The molecule has 0 bridgehead atoms. The first kappa shape index (κ1) is 19.8. The molecule has 0 saturated carbocycles. The van der Waals surface area contributed by atoms with E-state index in [1.807, 2.05) is 43.3 Å². The van der Waals surface area contributed by atoms with E-state index < -0.39 is 5.60 Å². The number of carbonyl (C=O) groups excluding carboxylic acids is 2. The Hall–Kier alpha value is -2.50. The number of likely N-dealkylation sites (tertiary alicyclic amines) is 1. The highest BCUT2D eigenvalue weighted by molar-refractivity contribution is 6.00. The molecule has 2 aromatic rings. The molecule has 2 aliphatic heterocycles. The van der Waals surface area contributed by atoms with Crippen LogP contribution in [0, 0.1) is 6.92 Å². The number of aryl methyl sites for hydroxylation is 1. The number of hydrogen-bond acceptors (Lipinski definition) is 4. The molecule has 1 saturated heterocycles. The lowest BCUT2D eigenvalue weighted by Gasteiger charge is -2.38. The second-order valence-corrected chi connectivity index (χ2v) is 8.36. The van der Waals surface area contributed by atoms with Gasteiger partial charge in [0.15, 0.2) is 5.78 Å². The van der Waals surface area contributed by atoms with Crippen LogP contribution < -0.4 is 4.90 Å². The molecular formula is C24H28N2O3. The summed E-state index contributed by atoms with van der Waals surface area (Å²) in [6.45, 7) is 6.04. The molecule has 0 unspecified atom stereocenters. The summed E-state index contributed by atoms with van der Waals surface area (Å²) < 4.78 is 0. The van der Waals surface area contributed by atoms with Crippen molar-refractivity contribution in [3.05, 3.63) is 64.7 Å². The number of amides is 1. The first-order chi connectivity index (χ1) is 13.9. The highest BCUT2D eigenvalue weighted by Gasteiger charge is 2.34. The predicted octanol–water partition coefficient (Wildman–Crippen LogP) is 3.07. The standard InChI is InChI=1S/C24H28N2O3/c1-17-4-3-5-21(14-17)24(29)9-12-25(13-10-24)16-23(28)20-6-7-22-19(15-20)8-11-26(22)18(2)27/h3-7,14-15,29H,8-13,16H2,1-2H3. The van der Waals surface area contributed by atoms with Gasteiger partial charge in [-0.15, -0.1) is 0 Å². The highest BCUT2D eigenvalue weighted by atomic mass is 16.3. The zero-order chi connectivity index (χ0) is 20.6. The van der Waals surface area contributed by atoms with Crippen molar-refractivity contribution in [2.45, 2.75) is 38.7 Å². The molecule has 2 heterocycles. The van der Waals surface area contributed by atoms with Crippen molar-refractivity contribution in [2.24, 2.45) is 0 Å². The molecule has 0 aliphatic carbocycles. The fourth-order valence-electron chi connectivity index (χ4n) is 4.50. The van der Waals surface area contributed by atoms with Crippen LogP contribution in [0.2, 0.25) is 0 Å². The molecule has 5 nitrogen and oxygen atoms in total. The molecule has 152 valence electrons. The number of rotatable bonds is 4. The SMILES string of the molecule is CC(=O)N1CCc2cc(C(=O)CN3CCC(O)(c4cccc(C)c4)CC3)ccc21. The number of benzene rings is 2.